The van der Waals surface area contributed by atoms with E-state index < -0.39 is 31.3 Å². The van der Waals surface area contributed by atoms with Crippen molar-refractivity contribution in [2.75, 3.05) is 13.1 Å². The first-order valence-electron chi connectivity index (χ1n) is 6.04. The number of hydrogen-bond donors (Lipinski definition) is 2. The maximum Gasteiger partial charge on any atom is 0.406 e. The number of rotatable bonds is 5. The summed E-state index contributed by atoms with van der Waals surface area (Å²) in [6.07, 6.45) is -4.66. The second kappa shape index (κ2) is 6.96. The lowest BCUT2D eigenvalue weighted by atomic mass is 10.1. The first-order chi connectivity index (χ1) is 9.67. The number of halogens is 3. The topological polar surface area (TPSA) is 69.6 Å². The third kappa shape index (κ3) is 6.64. The van der Waals surface area contributed by atoms with Gasteiger partial charge in [0.05, 0.1) is 0 Å². The molecule has 0 aliphatic heterocycles. The summed E-state index contributed by atoms with van der Waals surface area (Å²) in [5.41, 5.74) is 1.71. The zero-order chi connectivity index (χ0) is 16.0. The number of amides is 2. The van der Waals surface area contributed by atoms with Crippen LogP contribution in [0.4, 0.5) is 18.0 Å². The van der Waals surface area contributed by atoms with Crippen LogP contribution < -0.4 is 5.32 Å². The van der Waals surface area contributed by atoms with Crippen LogP contribution in [0.25, 0.3) is 0 Å². The molecule has 0 aromatic heterocycles. The largest absolute Gasteiger partial charge is 0.480 e. The molecule has 0 fully saturated rings. The van der Waals surface area contributed by atoms with Gasteiger partial charge in [0.15, 0.2) is 0 Å². The molecular formula is C13H15F3N2O3. The molecule has 0 saturated carbocycles. The molecule has 0 unspecified atom stereocenters. The van der Waals surface area contributed by atoms with Gasteiger partial charge in [0.1, 0.15) is 13.1 Å². The van der Waals surface area contributed by atoms with Crippen LogP contribution in [-0.4, -0.2) is 41.3 Å². The number of urea groups is 1. The van der Waals surface area contributed by atoms with E-state index in [1.54, 1.807) is 24.3 Å². The van der Waals surface area contributed by atoms with E-state index in [-0.39, 0.29) is 11.4 Å². The summed E-state index contributed by atoms with van der Waals surface area (Å²) in [6, 6.07) is 5.97. The summed E-state index contributed by atoms with van der Waals surface area (Å²) in [6.45, 7) is -0.731. The highest BCUT2D eigenvalue weighted by Crippen LogP contribution is 2.16. The van der Waals surface area contributed by atoms with Crippen molar-refractivity contribution in [3.8, 4) is 0 Å². The minimum atomic E-state index is -4.66. The van der Waals surface area contributed by atoms with Crippen LogP contribution in [0.2, 0.25) is 0 Å². The highest BCUT2D eigenvalue weighted by molar-refractivity contribution is 5.80. The van der Waals surface area contributed by atoms with E-state index in [0.29, 0.717) is 5.56 Å². The van der Waals surface area contributed by atoms with E-state index in [9.17, 15) is 22.8 Å². The summed E-state index contributed by atoms with van der Waals surface area (Å²) in [5.74, 6) is -1.51. The highest BCUT2D eigenvalue weighted by Gasteiger charge is 2.33. The van der Waals surface area contributed by atoms with Gasteiger partial charge in [0, 0.05) is 6.54 Å². The lowest BCUT2D eigenvalue weighted by Crippen LogP contribution is -2.46. The monoisotopic (exact) mass is 304 g/mol. The summed E-state index contributed by atoms with van der Waals surface area (Å²) in [5, 5.41) is 10.8. The zero-order valence-electron chi connectivity index (χ0n) is 11.3. The summed E-state index contributed by atoms with van der Waals surface area (Å²) in [4.78, 5) is 22.4. The molecule has 2 N–H and O–H groups in total. The molecule has 0 aliphatic carbocycles. The quantitative estimate of drug-likeness (QED) is 0.875. The standard InChI is InChI=1S/C13H15F3N2O3/c1-9-2-4-10(5-3-9)6-17-12(21)18(7-11(19)20)8-13(14,15)16/h2-5H,6-8H2,1H3,(H,17,21)(H,19,20). The Morgan fingerprint density at radius 2 is 1.81 bits per heavy atom. The maximum atomic E-state index is 12.3. The molecule has 1 rings (SSSR count). The Morgan fingerprint density at radius 3 is 2.29 bits per heavy atom. The predicted octanol–water partition coefficient (Wildman–Crippen LogP) is 2.15. The summed E-state index contributed by atoms with van der Waals surface area (Å²) in [7, 11) is 0. The number of carboxylic acid groups (broad SMARTS) is 1. The highest BCUT2D eigenvalue weighted by atomic mass is 19.4. The average Bonchev–Trinajstić information content (AvgIpc) is 2.34. The molecule has 0 heterocycles. The van der Waals surface area contributed by atoms with Crippen molar-refractivity contribution < 1.29 is 27.9 Å². The van der Waals surface area contributed by atoms with Crippen LogP contribution in [0.3, 0.4) is 0 Å². The molecule has 0 bridgehead atoms. The third-order valence-electron chi connectivity index (χ3n) is 2.55. The number of carbonyl (C=O) groups is 2. The molecule has 116 valence electrons. The summed E-state index contributed by atoms with van der Waals surface area (Å²) >= 11 is 0. The molecule has 0 atom stereocenters. The minimum absolute atomic E-state index is 0.0209. The first kappa shape index (κ1) is 16.8. The Labute approximate surface area is 119 Å². The molecule has 0 aliphatic rings. The molecular weight excluding hydrogens is 289 g/mol. The maximum absolute atomic E-state index is 12.3. The molecule has 8 heteroatoms. The second-order valence-corrected chi connectivity index (χ2v) is 4.51. The fourth-order valence-corrected chi connectivity index (χ4v) is 1.57. The van der Waals surface area contributed by atoms with Gasteiger partial charge in [-0.05, 0) is 12.5 Å². The van der Waals surface area contributed by atoms with E-state index >= 15 is 0 Å². The van der Waals surface area contributed by atoms with Crippen LogP contribution in [0.1, 0.15) is 11.1 Å². The van der Waals surface area contributed by atoms with Crippen molar-refractivity contribution in [3.05, 3.63) is 35.4 Å². The van der Waals surface area contributed by atoms with E-state index in [4.69, 9.17) is 5.11 Å². The molecule has 21 heavy (non-hydrogen) atoms. The smallest absolute Gasteiger partial charge is 0.406 e. The fourth-order valence-electron chi connectivity index (χ4n) is 1.57. The average molecular weight is 304 g/mol. The number of aliphatic carboxylic acids is 1. The Bertz CT molecular complexity index is 500. The number of nitrogens with zero attached hydrogens (tertiary/aromatic N) is 1. The van der Waals surface area contributed by atoms with Gasteiger partial charge >= 0.3 is 18.2 Å². The SMILES string of the molecule is Cc1ccc(CNC(=O)N(CC(=O)O)CC(F)(F)F)cc1. The molecule has 5 nitrogen and oxygen atoms in total. The molecule has 1 aromatic carbocycles. The molecule has 0 radical (unpaired) electrons. The van der Waals surface area contributed by atoms with Gasteiger partial charge in [0.25, 0.3) is 0 Å². The Morgan fingerprint density at radius 1 is 1.24 bits per heavy atom. The van der Waals surface area contributed by atoms with Gasteiger partial charge < -0.3 is 15.3 Å². The van der Waals surface area contributed by atoms with E-state index in [2.05, 4.69) is 5.32 Å². The van der Waals surface area contributed by atoms with Gasteiger partial charge in [-0.2, -0.15) is 13.2 Å². The minimum Gasteiger partial charge on any atom is -0.480 e. The molecule has 0 saturated heterocycles. The summed E-state index contributed by atoms with van der Waals surface area (Å²) < 4.78 is 36.9. The van der Waals surface area contributed by atoms with E-state index in [1.807, 2.05) is 6.92 Å². The van der Waals surface area contributed by atoms with Gasteiger partial charge in [-0.25, -0.2) is 4.79 Å². The number of carbonyl (C=O) groups excluding carboxylic acids is 1. The Balaban J connectivity index is 2.63. The van der Waals surface area contributed by atoms with Crippen molar-refractivity contribution >= 4 is 12.0 Å². The van der Waals surface area contributed by atoms with Gasteiger partial charge in [-0.1, -0.05) is 29.8 Å². The lowest BCUT2D eigenvalue weighted by Gasteiger charge is -2.22. The van der Waals surface area contributed by atoms with Crippen molar-refractivity contribution in [2.45, 2.75) is 19.6 Å². The number of benzene rings is 1. The number of aryl methyl sites for hydroxylation is 1. The zero-order valence-corrected chi connectivity index (χ0v) is 11.3. The van der Waals surface area contributed by atoms with E-state index in [1.165, 1.54) is 0 Å². The van der Waals surface area contributed by atoms with Crippen LogP contribution in [0.5, 0.6) is 0 Å². The number of hydrogen-bond acceptors (Lipinski definition) is 2. The normalized spacial score (nSPS) is 11.0. The number of alkyl halides is 3. The van der Waals surface area contributed by atoms with E-state index in [0.717, 1.165) is 5.56 Å². The van der Waals surface area contributed by atoms with Gasteiger partial charge in [-0.15, -0.1) is 0 Å². The number of carboxylic acids is 1. The molecule has 2 amide bonds. The third-order valence-corrected chi connectivity index (χ3v) is 2.55. The number of nitrogens with one attached hydrogen (secondary N) is 1. The first-order valence-corrected chi connectivity index (χ1v) is 6.04. The fraction of sp³-hybridized carbons (Fsp3) is 0.385. The van der Waals surface area contributed by atoms with Crippen LogP contribution >= 0.6 is 0 Å². The second-order valence-electron chi connectivity index (χ2n) is 4.51. The van der Waals surface area contributed by atoms with Crippen molar-refractivity contribution in [2.24, 2.45) is 0 Å². The molecule has 1 aromatic rings. The van der Waals surface area contributed by atoms with Crippen molar-refractivity contribution in [3.63, 3.8) is 0 Å². The lowest BCUT2D eigenvalue weighted by molar-refractivity contribution is -0.148. The van der Waals surface area contributed by atoms with Crippen LogP contribution in [-0.2, 0) is 11.3 Å². The van der Waals surface area contributed by atoms with Gasteiger partial charge in [0.2, 0.25) is 0 Å². The van der Waals surface area contributed by atoms with Crippen molar-refractivity contribution in [1.29, 1.82) is 0 Å². The van der Waals surface area contributed by atoms with Gasteiger partial charge in [-0.3, -0.25) is 4.79 Å². The Kier molecular flexibility index (Phi) is 5.57. The predicted molar refractivity (Wildman–Crippen MR) is 68.7 cm³/mol. The van der Waals surface area contributed by atoms with Crippen LogP contribution in [0, 0.1) is 6.92 Å². The Hall–Kier alpha value is -2.25. The van der Waals surface area contributed by atoms with Crippen molar-refractivity contribution in [1.82, 2.24) is 10.2 Å². The molecule has 0 spiro atoms. The van der Waals surface area contributed by atoms with Crippen LogP contribution in [0.15, 0.2) is 24.3 Å².